The normalized spacial score (nSPS) is 12.2. The third kappa shape index (κ3) is 3.67. The zero-order valence-electron chi connectivity index (χ0n) is 10.3. The number of carboxylic acid groups (broad SMARTS) is 1. The Morgan fingerprint density at radius 3 is 2.55 bits per heavy atom. The summed E-state index contributed by atoms with van der Waals surface area (Å²) in [6.07, 6.45) is 0.298. The van der Waals surface area contributed by atoms with Crippen LogP contribution in [0.1, 0.15) is 17.0 Å². The van der Waals surface area contributed by atoms with Crippen LogP contribution < -0.4 is 0 Å². The number of halogens is 3. The molecule has 0 aliphatic carbocycles. The van der Waals surface area contributed by atoms with E-state index in [0.29, 0.717) is 16.5 Å². The van der Waals surface area contributed by atoms with Gasteiger partial charge < -0.3 is 5.11 Å². The lowest BCUT2D eigenvalue weighted by Gasteiger charge is -2.14. The molecule has 0 amide bonds. The molecule has 2 aromatic carbocycles. The number of carboxylic acids is 1. The lowest BCUT2D eigenvalue weighted by atomic mass is 9.92. The quantitative estimate of drug-likeness (QED) is 0.801. The van der Waals surface area contributed by atoms with Crippen molar-refractivity contribution in [1.82, 2.24) is 0 Å². The highest BCUT2D eigenvalue weighted by molar-refractivity contribution is 9.10. The van der Waals surface area contributed by atoms with E-state index in [9.17, 15) is 14.3 Å². The summed E-state index contributed by atoms with van der Waals surface area (Å²) in [7, 11) is 0. The molecule has 0 aliphatic heterocycles. The molecule has 2 nitrogen and oxygen atoms in total. The molecule has 0 bridgehead atoms. The number of benzene rings is 2. The van der Waals surface area contributed by atoms with Crippen molar-refractivity contribution >= 4 is 37.8 Å². The fourth-order valence-electron chi connectivity index (χ4n) is 1.98. The molecular weight excluding hydrogens is 391 g/mol. The van der Waals surface area contributed by atoms with Crippen molar-refractivity contribution in [2.45, 2.75) is 12.3 Å². The van der Waals surface area contributed by atoms with E-state index in [4.69, 9.17) is 0 Å². The summed E-state index contributed by atoms with van der Waals surface area (Å²) in [4.78, 5) is 11.5. The van der Waals surface area contributed by atoms with Gasteiger partial charge >= 0.3 is 5.97 Å². The predicted molar refractivity (Wildman–Crippen MR) is 82.3 cm³/mol. The van der Waals surface area contributed by atoms with Gasteiger partial charge in [0.05, 0.1) is 5.92 Å². The number of hydrogen-bond donors (Lipinski definition) is 1. The van der Waals surface area contributed by atoms with E-state index >= 15 is 0 Å². The average Bonchev–Trinajstić information content (AvgIpc) is 2.37. The molecular formula is C15H11Br2FO2. The van der Waals surface area contributed by atoms with E-state index in [1.54, 1.807) is 24.3 Å². The molecule has 20 heavy (non-hydrogen) atoms. The van der Waals surface area contributed by atoms with Gasteiger partial charge in [-0.1, -0.05) is 50.1 Å². The largest absolute Gasteiger partial charge is 0.481 e. The molecule has 0 heterocycles. The molecule has 0 aromatic heterocycles. The van der Waals surface area contributed by atoms with Gasteiger partial charge in [-0.05, 0) is 41.8 Å². The van der Waals surface area contributed by atoms with Crippen molar-refractivity contribution in [3.8, 4) is 0 Å². The van der Waals surface area contributed by atoms with E-state index in [0.717, 1.165) is 10.0 Å². The predicted octanol–water partition coefficient (Wildman–Crippen LogP) is 4.76. The van der Waals surface area contributed by atoms with Crippen LogP contribution in [-0.4, -0.2) is 11.1 Å². The Kier molecular flexibility index (Phi) is 4.94. The Labute approximate surface area is 132 Å². The minimum absolute atomic E-state index is 0.298. The summed E-state index contributed by atoms with van der Waals surface area (Å²) >= 11 is 6.61. The third-order valence-electron chi connectivity index (χ3n) is 2.99. The average molecular weight is 402 g/mol. The van der Waals surface area contributed by atoms with Crippen LogP contribution in [0.5, 0.6) is 0 Å². The number of hydrogen-bond acceptors (Lipinski definition) is 1. The fraction of sp³-hybridized carbons (Fsp3) is 0.133. The molecule has 2 rings (SSSR count). The molecule has 5 heteroatoms. The lowest BCUT2D eigenvalue weighted by Crippen LogP contribution is -2.14. The first-order chi connectivity index (χ1) is 9.47. The summed E-state index contributed by atoms with van der Waals surface area (Å²) in [5, 5.41) is 9.42. The first-order valence-electron chi connectivity index (χ1n) is 5.89. The Balaban J connectivity index is 2.33. The maximum atomic E-state index is 13.1. The van der Waals surface area contributed by atoms with Crippen LogP contribution in [0.2, 0.25) is 0 Å². The summed E-state index contributed by atoms with van der Waals surface area (Å²) < 4.78 is 14.5. The molecule has 0 saturated carbocycles. The smallest absolute Gasteiger partial charge is 0.311 e. The van der Waals surface area contributed by atoms with Crippen LogP contribution in [-0.2, 0) is 11.2 Å². The molecule has 1 N–H and O–H groups in total. The Bertz CT molecular complexity index is 644. The number of carbonyl (C=O) groups is 1. The van der Waals surface area contributed by atoms with E-state index in [2.05, 4.69) is 31.9 Å². The van der Waals surface area contributed by atoms with Crippen LogP contribution in [0.15, 0.2) is 51.4 Å². The molecule has 0 fully saturated rings. The second-order valence-corrected chi connectivity index (χ2v) is 6.16. The Morgan fingerprint density at radius 1 is 1.20 bits per heavy atom. The van der Waals surface area contributed by atoms with Gasteiger partial charge in [-0.2, -0.15) is 0 Å². The Morgan fingerprint density at radius 2 is 1.95 bits per heavy atom. The standard InChI is InChI=1S/C15H11Br2FO2/c16-11-3-1-2-9(6-11)13(15(19)20)7-10-4-5-12(18)8-14(10)17/h1-6,8,13H,7H2,(H,19,20). The van der Waals surface area contributed by atoms with Crippen molar-refractivity contribution in [3.05, 3.63) is 68.4 Å². The van der Waals surface area contributed by atoms with Gasteiger partial charge in [-0.25, -0.2) is 4.39 Å². The van der Waals surface area contributed by atoms with Gasteiger partial charge in [0, 0.05) is 8.95 Å². The summed E-state index contributed by atoms with van der Waals surface area (Å²) in [6.45, 7) is 0. The maximum absolute atomic E-state index is 13.1. The van der Waals surface area contributed by atoms with Crippen LogP contribution in [0.25, 0.3) is 0 Å². The van der Waals surface area contributed by atoms with Crippen LogP contribution in [0.3, 0.4) is 0 Å². The molecule has 0 saturated heterocycles. The van der Waals surface area contributed by atoms with E-state index in [1.807, 2.05) is 6.07 Å². The molecule has 0 radical (unpaired) electrons. The molecule has 0 spiro atoms. The maximum Gasteiger partial charge on any atom is 0.311 e. The van der Waals surface area contributed by atoms with Crippen LogP contribution in [0.4, 0.5) is 4.39 Å². The zero-order valence-corrected chi connectivity index (χ0v) is 13.5. The third-order valence-corrected chi connectivity index (χ3v) is 4.22. The summed E-state index contributed by atoms with van der Waals surface area (Å²) in [5.74, 6) is -1.93. The first-order valence-corrected chi connectivity index (χ1v) is 7.48. The van der Waals surface area contributed by atoms with E-state index in [-0.39, 0.29) is 5.82 Å². The van der Waals surface area contributed by atoms with Crippen molar-refractivity contribution in [2.24, 2.45) is 0 Å². The van der Waals surface area contributed by atoms with Gasteiger partial charge in [0.25, 0.3) is 0 Å². The number of aliphatic carboxylic acids is 1. The van der Waals surface area contributed by atoms with Gasteiger partial charge in [0.1, 0.15) is 5.82 Å². The highest BCUT2D eigenvalue weighted by atomic mass is 79.9. The minimum atomic E-state index is -0.903. The van der Waals surface area contributed by atoms with Crippen molar-refractivity contribution in [2.75, 3.05) is 0 Å². The summed E-state index contributed by atoms with van der Waals surface area (Å²) in [5.41, 5.74) is 1.47. The second-order valence-electron chi connectivity index (χ2n) is 4.39. The lowest BCUT2D eigenvalue weighted by molar-refractivity contribution is -0.138. The molecule has 1 unspecified atom stereocenters. The van der Waals surface area contributed by atoms with Gasteiger partial charge in [0.2, 0.25) is 0 Å². The van der Waals surface area contributed by atoms with Gasteiger partial charge in [0.15, 0.2) is 0 Å². The van der Waals surface area contributed by atoms with Gasteiger partial charge in [-0.3, -0.25) is 4.79 Å². The highest BCUT2D eigenvalue weighted by Crippen LogP contribution is 2.28. The van der Waals surface area contributed by atoms with Crippen molar-refractivity contribution in [3.63, 3.8) is 0 Å². The first kappa shape index (κ1) is 15.2. The second kappa shape index (κ2) is 6.50. The highest BCUT2D eigenvalue weighted by Gasteiger charge is 2.21. The summed E-state index contributed by atoms with van der Waals surface area (Å²) in [6, 6.07) is 11.5. The number of rotatable bonds is 4. The molecule has 2 aromatic rings. The van der Waals surface area contributed by atoms with Crippen LogP contribution in [0, 0.1) is 5.82 Å². The van der Waals surface area contributed by atoms with Crippen LogP contribution >= 0.6 is 31.9 Å². The Hall–Kier alpha value is -1.20. The minimum Gasteiger partial charge on any atom is -0.481 e. The molecule has 1 atom stereocenters. The topological polar surface area (TPSA) is 37.3 Å². The molecule has 0 aliphatic rings. The van der Waals surface area contributed by atoms with Gasteiger partial charge in [-0.15, -0.1) is 0 Å². The molecule has 104 valence electrons. The van der Waals surface area contributed by atoms with E-state index < -0.39 is 11.9 Å². The van der Waals surface area contributed by atoms with Crippen molar-refractivity contribution in [1.29, 1.82) is 0 Å². The zero-order chi connectivity index (χ0) is 14.7. The fourth-order valence-corrected chi connectivity index (χ4v) is 2.91. The SMILES string of the molecule is O=C(O)C(Cc1ccc(F)cc1Br)c1cccc(Br)c1. The van der Waals surface area contributed by atoms with Crippen molar-refractivity contribution < 1.29 is 14.3 Å². The van der Waals surface area contributed by atoms with E-state index in [1.165, 1.54) is 12.1 Å². The monoisotopic (exact) mass is 400 g/mol.